The summed E-state index contributed by atoms with van der Waals surface area (Å²) in [7, 11) is 1.25. The van der Waals surface area contributed by atoms with Crippen molar-refractivity contribution in [2.75, 3.05) is 7.11 Å². The van der Waals surface area contributed by atoms with Crippen molar-refractivity contribution in [1.29, 1.82) is 0 Å². The Hall–Kier alpha value is -1.55. The smallest absolute Gasteiger partial charge is 0.330 e. The minimum Gasteiger partial charge on any atom is -0.467 e. The Balaban J connectivity index is 0.00000441. The summed E-state index contributed by atoms with van der Waals surface area (Å²) in [5.41, 5.74) is 6.15. The standard InChI is InChI=1S/C15H17BrN2O3.ClH/c1-15(2,17)12(14(20)21-3)18-13(19)11-6-4-10(5-7-11)8-9-16;/h4-7,12H,17H2,1-3H3,(H,18,19);1H/t12-;/m1./s1. The molecule has 0 aromatic heterocycles. The van der Waals surface area contributed by atoms with E-state index in [1.165, 1.54) is 7.11 Å². The third-order valence-electron chi connectivity index (χ3n) is 2.80. The topological polar surface area (TPSA) is 81.4 Å². The Bertz CT molecular complexity index is 586. The summed E-state index contributed by atoms with van der Waals surface area (Å²) in [5.74, 6) is 1.82. The molecule has 0 heterocycles. The number of amides is 1. The van der Waals surface area contributed by atoms with Gasteiger partial charge in [0.05, 0.1) is 7.11 Å². The van der Waals surface area contributed by atoms with Crippen LogP contribution in [0.2, 0.25) is 0 Å². The molecular formula is C15H18BrClN2O3. The first-order valence-electron chi connectivity index (χ1n) is 6.19. The van der Waals surface area contributed by atoms with Crippen molar-refractivity contribution in [2.45, 2.75) is 25.4 Å². The largest absolute Gasteiger partial charge is 0.467 e. The third-order valence-corrected chi connectivity index (χ3v) is 2.99. The van der Waals surface area contributed by atoms with Crippen LogP contribution >= 0.6 is 28.3 Å². The second-order valence-corrected chi connectivity index (χ2v) is 5.44. The molecule has 0 saturated carbocycles. The highest BCUT2D eigenvalue weighted by atomic mass is 79.9. The van der Waals surface area contributed by atoms with Gasteiger partial charge in [-0.15, -0.1) is 12.4 Å². The van der Waals surface area contributed by atoms with Crippen LogP contribution in [0.15, 0.2) is 24.3 Å². The Morgan fingerprint density at radius 3 is 2.27 bits per heavy atom. The molecule has 0 fully saturated rings. The number of hydrogen-bond donors (Lipinski definition) is 2. The van der Waals surface area contributed by atoms with E-state index in [1.54, 1.807) is 38.1 Å². The Morgan fingerprint density at radius 1 is 1.32 bits per heavy atom. The zero-order chi connectivity index (χ0) is 16.0. The highest BCUT2D eigenvalue weighted by molar-refractivity contribution is 9.12. The number of esters is 1. The van der Waals surface area contributed by atoms with Crippen LogP contribution in [0.4, 0.5) is 0 Å². The summed E-state index contributed by atoms with van der Waals surface area (Å²) >= 11 is 3.01. The molecule has 0 saturated heterocycles. The molecule has 1 rings (SSSR count). The van der Waals surface area contributed by atoms with Gasteiger partial charge in [0.1, 0.15) is 6.04 Å². The summed E-state index contributed by atoms with van der Waals surface area (Å²) in [5, 5.41) is 2.59. The van der Waals surface area contributed by atoms with Crippen LogP contribution in [0.25, 0.3) is 0 Å². The number of rotatable bonds is 4. The molecule has 0 radical (unpaired) electrons. The summed E-state index contributed by atoms with van der Waals surface area (Å²) in [6.45, 7) is 3.28. The maximum Gasteiger partial charge on any atom is 0.330 e. The van der Waals surface area contributed by atoms with E-state index in [0.717, 1.165) is 5.56 Å². The monoisotopic (exact) mass is 388 g/mol. The lowest BCUT2D eigenvalue weighted by molar-refractivity contribution is -0.144. The first-order chi connectivity index (χ1) is 9.79. The molecular weight excluding hydrogens is 372 g/mol. The fourth-order valence-electron chi connectivity index (χ4n) is 1.64. The minimum absolute atomic E-state index is 0. The normalized spacial score (nSPS) is 11.3. The molecule has 0 aliphatic rings. The van der Waals surface area contributed by atoms with Crippen molar-refractivity contribution in [3.63, 3.8) is 0 Å². The minimum atomic E-state index is -0.940. The number of nitrogens with one attached hydrogen (secondary N) is 1. The van der Waals surface area contributed by atoms with Gasteiger partial charge >= 0.3 is 5.97 Å². The maximum atomic E-state index is 12.2. The summed E-state index contributed by atoms with van der Waals surface area (Å²) in [6, 6.07) is 5.74. The van der Waals surface area contributed by atoms with Crippen LogP contribution in [0, 0.1) is 10.8 Å². The molecule has 22 heavy (non-hydrogen) atoms. The number of hydrogen-bond acceptors (Lipinski definition) is 4. The van der Waals surface area contributed by atoms with E-state index in [9.17, 15) is 9.59 Å². The SMILES string of the molecule is COC(=O)[C@@H](NC(=O)c1ccc(C#CBr)cc1)C(C)(C)N.Cl. The van der Waals surface area contributed by atoms with Crippen LogP contribution in [0.5, 0.6) is 0 Å². The predicted octanol–water partition coefficient (Wildman–Crippen LogP) is 1.82. The van der Waals surface area contributed by atoms with E-state index < -0.39 is 23.5 Å². The second kappa shape index (κ2) is 8.79. The van der Waals surface area contributed by atoms with Gasteiger partial charge in [0.15, 0.2) is 0 Å². The van der Waals surface area contributed by atoms with Gasteiger partial charge in [-0.1, -0.05) is 5.92 Å². The van der Waals surface area contributed by atoms with Gasteiger partial charge < -0.3 is 15.8 Å². The zero-order valence-electron chi connectivity index (χ0n) is 12.5. The van der Waals surface area contributed by atoms with Gasteiger partial charge in [-0.2, -0.15) is 0 Å². The van der Waals surface area contributed by atoms with E-state index in [0.29, 0.717) is 5.56 Å². The number of halogens is 2. The van der Waals surface area contributed by atoms with E-state index >= 15 is 0 Å². The third kappa shape index (κ3) is 5.68. The molecule has 0 aliphatic heterocycles. The van der Waals surface area contributed by atoms with E-state index in [-0.39, 0.29) is 12.4 Å². The fourth-order valence-corrected chi connectivity index (χ4v) is 1.87. The zero-order valence-corrected chi connectivity index (χ0v) is 14.9. The molecule has 1 amide bonds. The van der Waals surface area contributed by atoms with E-state index in [2.05, 4.69) is 36.7 Å². The summed E-state index contributed by atoms with van der Waals surface area (Å²) < 4.78 is 4.67. The fraction of sp³-hybridized carbons (Fsp3) is 0.333. The number of benzene rings is 1. The molecule has 0 spiro atoms. The molecule has 1 atom stereocenters. The van der Waals surface area contributed by atoms with Crippen molar-refractivity contribution in [3.8, 4) is 10.8 Å². The van der Waals surface area contributed by atoms with Gasteiger partial charge in [-0.25, -0.2) is 4.79 Å². The van der Waals surface area contributed by atoms with Crippen molar-refractivity contribution in [2.24, 2.45) is 5.73 Å². The number of nitrogens with two attached hydrogens (primary N) is 1. The Labute approximate surface area is 144 Å². The summed E-state index contributed by atoms with van der Waals surface area (Å²) in [4.78, 5) is 26.5. The number of carbonyl (C=O) groups excluding carboxylic acids is 2. The van der Waals surface area contributed by atoms with E-state index in [4.69, 9.17) is 5.73 Å². The molecule has 1 aromatic rings. The van der Waals surface area contributed by atoms with Crippen molar-refractivity contribution in [1.82, 2.24) is 5.32 Å². The van der Waals surface area contributed by atoms with Gasteiger partial charge in [-0.05, 0) is 42.9 Å². The Morgan fingerprint density at radius 2 is 1.86 bits per heavy atom. The van der Waals surface area contributed by atoms with Crippen LogP contribution in [-0.4, -0.2) is 30.6 Å². The van der Waals surface area contributed by atoms with Gasteiger partial charge in [-0.3, -0.25) is 4.79 Å². The van der Waals surface area contributed by atoms with Crippen molar-refractivity contribution >= 4 is 40.2 Å². The van der Waals surface area contributed by atoms with Crippen molar-refractivity contribution in [3.05, 3.63) is 35.4 Å². The molecule has 0 bridgehead atoms. The highest BCUT2D eigenvalue weighted by Gasteiger charge is 2.34. The molecule has 120 valence electrons. The maximum absolute atomic E-state index is 12.2. The number of ether oxygens (including phenoxy) is 1. The average molecular weight is 390 g/mol. The van der Waals surface area contributed by atoms with Crippen LogP contribution in [0.1, 0.15) is 29.8 Å². The van der Waals surface area contributed by atoms with Gasteiger partial charge in [0.2, 0.25) is 0 Å². The predicted molar refractivity (Wildman–Crippen MR) is 91.0 cm³/mol. The first-order valence-corrected chi connectivity index (χ1v) is 6.98. The first kappa shape index (κ1) is 20.5. The van der Waals surface area contributed by atoms with Crippen LogP contribution < -0.4 is 11.1 Å². The molecule has 1 aromatic carbocycles. The van der Waals surface area contributed by atoms with Gasteiger partial charge in [0.25, 0.3) is 5.91 Å². The molecule has 0 aliphatic carbocycles. The van der Waals surface area contributed by atoms with Crippen LogP contribution in [0.3, 0.4) is 0 Å². The molecule has 5 nitrogen and oxygen atoms in total. The van der Waals surface area contributed by atoms with Crippen molar-refractivity contribution < 1.29 is 14.3 Å². The highest BCUT2D eigenvalue weighted by Crippen LogP contribution is 2.10. The number of carbonyl (C=O) groups is 2. The van der Waals surface area contributed by atoms with Crippen LogP contribution in [-0.2, 0) is 9.53 Å². The molecule has 0 unspecified atom stereocenters. The van der Waals surface area contributed by atoms with Gasteiger partial charge in [0, 0.05) is 32.6 Å². The van der Waals surface area contributed by atoms with E-state index in [1.807, 2.05) is 0 Å². The Kier molecular flexibility index (Phi) is 8.17. The summed E-state index contributed by atoms with van der Waals surface area (Å²) in [6.07, 6.45) is 0. The molecule has 7 heteroatoms. The average Bonchev–Trinajstić information content (AvgIpc) is 2.43. The lowest BCUT2D eigenvalue weighted by Gasteiger charge is -2.28. The number of methoxy groups -OCH3 is 1. The second-order valence-electron chi connectivity index (χ2n) is 5.05. The molecule has 3 N–H and O–H groups in total. The lowest BCUT2D eigenvalue weighted by atomic mass is 9.95. The lowest BCUT2D eigenvalue weighted by Crippen LogP contribution is -2.59. The quantitative estimate of drug-likeness (QED) is 0.608.